The molecule has 1 unspecified atom stereocenters. The van der Waals surface area contributed by atoms with Gasteiger partial charge >= 0.3 is 0 Å². The van der Waals surface area contributed by atoms with Crippen LogP contribution in [0.4, 0.5) is 0 Å². The van der Waals surface area contributed by atoms with Gasteiger partial charge in [0.15, 0.2) is 0 Å². The van der Waals surface area contributed by atoms with E-state index in [-0.39, 0.29) is 5.41 Å². The molecule has 0 N–H and O–H groups in total. The Bertz CT molecular complexity index is 316. The molecule has 1 aromatic rings. The standard InChI is InChI=1S/C12H15NO/c1-10(8-12(9-14)5-6-12)11-4-2-3-7-13-11/h2-4,7,9-10H,5-6,8H2,1H3. The van der Waals surface area contributed by atoms with E-state index in [1.54, 1.807) is 0 Å². The van der Waals surface area contributed by atoms with Gasteiger partial charge in [-0.25, -0.2) is 0 Å². The predicted molar refractivity (Wildman–Crippen MR) is 55.0 cm³/mol. The fourth-order valence-corrected chi connectivity index (χ4v) is 1.91. The lowest BCUT2D eigenvalue weighted by Crippen LogP contribution is -2.08. The van der Waals surface area contributed by atoms with Crippen LogP contribution in [0.2, 0.25) is 0 Å². The Hall–Kier alpha value is -1.18. The zero-order valence-electron chi connectivity index (χ0n) is 8.44. The van der Waals surface area contributed by atoms with Crippen LogP contribution in [0.1, 0.15) is 37.8 Å². The van der Waals surface area contributed by atoms with E-state index < -0.39 is 0 Å². The van der Waals surface area contributed by atoms with E-state index in [1.165, 1.54) is 0 Å². The Balaban J connectivity index is 2.03. The van der Waals surface area contributed by atoms with Gasteiger partial charge in [0.05, 0.1) is 0 Å². The number of hydrogen-bond donors (Lipinski definition) is 0. The van der Waals surface area contributed by atoms with Crippen LogP contribution in [0, 0.1) is 5.41 Å². The fourth-order valence-electron chi connectivity index (χ4n) is 1.91. The second-order valence-corrected chi connectivity index (χ2v) is 4.34. The lowest BCUT2D eigenvalue weighted by atomic mass is 9.92. The minimum Gasteiger partial charge on any atom is -0.303 e. The summed E-state index contributed by atoms with van der Waals surface area (Å²) < 4.78 is 0. The lowest BCUT2D eigenvalue weighted by molar-refractivity contribution is -0.112. The van der Waals surface area contributed by atoms with Gasteiger partial charge in [0.25, 0.3) is 0 Å². The van der Waals surface area contributed by atoms with Crippen LogP contribution in [0.25, 0.3) is 0 Å². The van der Waals surface area contributed by atoms with Gasteiger partial charge < -0.3 is 4.79 Å². The molecule has 2 heteroatoms. The average Bonchev–Trinajstić information content (AvgIpc) is 3.00. The quantitative estimate of drug-likeness (QED) is 0.681. The highest BCUT2D eigenvalue weighted by Crippen LogP contribution is 2.50. The first-order chi connectivity index (χ1) is 6.76. The van der Waals surface area contributed by atoms with Crippen LogP contribution in [-0.2, 0) is 4.79 Å². The summed E-state index contributed by atoms with van der Waals surface area (Å²) in [6, 6.07) is 5.95. The molecule has 2 rings (SSSR count). The number of nitrogens with zero attached hydrogens (tertiary/aromatic N) is 1. The summed E-state index contributed by atoms with van der Waals surface area (Å²) in [5, 5.41) is 0. The van der Waals surface area contributed by atoms with Gasteiger partial charge in [-0.2, -0.15) is 0 Å². The summed E-state index contributed by atoms with van der Waals surface area (Å²) >= 11 is 0. The van der Waals surface area contributed by atoms with Crippen molar-refractivity contribution in [2.24, 2.45) is 5.41 Å². The molecule has 1 aliphatic rings. The highest BCUT2D eigenvalue weighted by atomic mass is 16.1. The third-order valence-corrected chi connectivity index (χ3v) is 3.05. The zero-order chi connectivity index (χ0) is 10.0. The molecule has 1 heterocycles. The Labute approximate surface area is 84.4 Å². The molecule has 1 aromatic heterocycles. The fraction of sp³-hybridized carbons (Fsp3) is 0.500. The van der Waals surface area contributed by atoms with E-state index in [2.05, 4.69) is 11.9 Å². The first-order valence-corrected chi connectivity index (χ1v) is 5.13. The molecule has 1 atom stereocenters. The van der Waals surface area contributed by atoms with Crippen LogP contribution in [-0.4, -0.2) is 11.3 Å². The van der Waals surface area contributed by atoms with Crippen LogP contribution >= 0.6 is 0 Å². The lowest BCUT2D eigenvalue weighted by Gasteiger charge is -2.14. The zero-order valence-corrected chi connectivity index (χ0v) is 8.44. The van der Waals surface area contributed by atoms with Crippen LogP contribution < -0.4 is 0 Å². The van der Waals surface area contributed by atoms with Gasteiger partial charge in [-0.1, -0.05) is 13.0 Å². The van der Waals surface area contributed by atoms with Crippen LogP contribution in [0.15, 0.2) is 24.4 Å². The molecule has 0 aliphatic heterocycles. The van der Waals surface area contributed by atoms with E-state index in [9.17, 15) is 4.79 Å². The molecule has 0 radical (unpaired) electrons. The summed E-state index contributed by atoms with van der Waals surface area (Å²) in [7, 11) is 0. The SMILES string of the molecule is CC(CC1(C=O)CC1)c1ccccn1. The molecular weight excluding hydrogens is 174 g/mol. The molecule has 0 spiro atoms. The summed E-state index contributed by atoms with van der Waals surface area (Å²) in [6.07, 6.45) is 6.02. The van der Waals surface area contributed by atoms with E-state index in [1.807, 2.05) is 24.4 Å². The van der Waals surface area contributed by atoms with E-state index >= 15 is 0 Å². The number of hydrogen-bond acceptors (Lipinski definition) is 2. The number of pyridine rings is 1. The number of carbonyl (C=O) groups excluding carboxylic acids is 1. The second kappa shape index (κ2) is 3.52. The smallest absolute Gasteiger partial charge is 0.126 e. The predicted octanol–water partition coefficient (Wildman–Crippen LogP) is 2.55. The van der Waals surface area contributed by atoms with Gasteiger partial charge in [0.2, 0.25) is 0 Å². The monoisotopic (exact) mass is 189 g/mol. The largest absolute Gasteiger partial charge is 0.303 e. The van der Waals surface area contributed by atoms with Crippen molar-refractivity contribution in [2.75, 3.05) is 0 Å². The Kier molecular flexibility index (Phi) is 2.36. The first kappa shape index (κ1) is 9.38. The molecule has 1 saturated carbocycles. The summed E-state index contributed by atoms with van der Waals surface area (Å²) in [6.45, 7) is 2.14. The molecule has 0 bridgehead atoms. The maximum absolute atomic E-state index is 10.8. The second-order valence-electron chi connectivity index (χ2n) is 4.34. The first-order valence-electron chi connectivity index (χ1n) is 5.13. The van der Waals surface area contributed by atoms with Crippen molar-refractivity contribution in [1.29, 1.82) is 0 Å². The Morgan fingerprint density at radius 2 is 2.36 bits per heavy atom. The average molecular weight is 189 g/mol. The van der Waals surface area contributed by atoms with Crippen molar-refractivity contribution in [2.45, 2.75) is 32.1 Å². The summed E-state index contributed by atoms with van der Waals surface area (Å²) in [5.41, 5.74) is 1.09. The van der Waals surface area contributed by atoms with Gasteiger partial charge in [-0.3, -0.25) is 4.98 Å². The number of aromatic nitrogens is 1. The molecule has 0 amide bonds. The Morgan fingerprint density at radius 3 is 2.86 bits per heavy atom. The maximum Gasteiger partial charge on any atom is 0.126 e. The number of aldehydes is 1. The summed E-state index contributed by atoms with van der Waals surface area (Å²) in [5.74, 6) is 0.392. The molecule has 1 aliphatic carbocycles. The third kappa shape index (κ3) is 1.84. The van der Waals surface area contributed by atoms with E-state index in [0.29, 0.717) is 5.92 Å². The number of rotatable bonds is 4. The van der Waals surface area contributed by atoms with Crippen molar-refractivity contribution in [3.05, 3.63) is 30.1 Å². The van der Waals surface area contributed by atoms with E-state index in [4.69, 9.17) is 0 Å². The van der Waals surface area contributed by atoms with E-state index in [0.717, 1.165) is 31.2 Å². The highest BCUT2D eigenvalue weighted by Gasteiger charge is 2.43. The summed E-state index contributed by atoms with van der Waals surface area (Å²) in [4.78, 5) is 15.1. The van der Waals surface area contributed by atoms with Crippen LogP contribution in [0.3, 0.4) is 0 Å². The van der Waals surface area contributed by atoms with Crippen LogP contribution in [0.5, 0.6) is 0 Å². The van der Waals surface area contributed by atoms with Gasteiger partial charge in [-0.05, 0) is 37.3 Å². The molecule has 14 heavy (non-hydrogen) atoms. The number of carbonyl (C=O) groups is 1. The normalized spacial score (nSPS) is 20.1. The molecule has 74 valence electrons. The topological polar surface area (TPSA) is 30.0 Å². The maximum atomic E-state index is 10.8. The molecule has 2 nitrogen and oxygen atoms in total. The minimum atomic E-state index is -0.00304. The third-order valence-electron chi connectivity index (χ3n) is 3.05. The van der Waals surface area contributed by atoms with Crippen molar-refractivity contribution in [3.63, 3.8) is 0 Å². The van der Waals surface area contributed by atoms with Crippen molar-refractivity contribution >= 4 is 6.29 Å². The minimum absolute atomic E-state index is 0.00304. The van der Waals surface area contributed by atoms with Gasteiger partial charge in [-0.15, -0.1) is 0 Å². The molecule has 1 fully saturated rings. The highest BCUT2D eigenvalue weighted by molar-refractivity contribution is 5.63. The Morgan fingerprint density at radius 1 is 1.57 bits per heavy atom. The van der Waals surface area contributed by atoms with Crippen molar-refractivity contribution < 1.29 is 4.79 Å². The van der Waals surface area contributed by atoms with Crippen molar-refractivity contribution in [1.82, 2.24) is 4.98 Å². The van der Waals surface area contributed by atoms with Gasteiger partial charge in [0, 0.05) is 17.3 Å². The van der Waals surface area contributed by atoms with Gasteiger partial charge in [0.1, 0.15) is 6.29 Å². The molecule has 0 saturated heterocycles. The van der Waals surface area contributed by atoms with Crippen molar-refractivity contribution in [3.8, 4) is 0 Å². The molecular formula is C12H15NO. The molecule has 0 aromatic carbocycles.